The normalized spacial score (nSPS) is 10.9. The van der Waals surface area contributed by atoms with Crippen LogP contribution < -0.4 is 5.32 Å². The third kappa shape index (κ3) is 5.59. The van der Waals surface area contributed by atoms with E-state index in [4.69, 9.17) is 21.6 Å². The first-order valence-electron chi connectivity index (χ1n) is 11.5. The van der Waals surface area contributed by atoms with Crippen molar-refractivity contribution in [1.82, 2.24) is 15.0 Å². The molecular formula is C29H25ClN4S. The number of nitrogens with zero attached hydrogens (tertiary/aromatic N) is 3. The fraction of sp³-hybridized carbons (Fsp3) is 0.138. The number of rotatable bonds is 7. The number of benzene rings is 3. The molecule has 2 heterocycles. The van der Waals surface area contributed by atoms with Gasteiger partial charge >= 0.3 is 0 Å². The van der Waals surface area contributed by atoms with Crippen molar-refractivity contribution in [3.05, 3.63) is 117 Å². The van der Waals surface area contributed by atoms with Gasteiger partial charge in [0.05, 0.1) is 5.69 Å². The molecule has 3 aromatic carbocycles. The molecule has 35 heavy (non-hydrogen) atoms. The van der Waals surface area contributed by atoms with Gasteiger partial charge in [-0.05, 0) is 43.2 Å². The van der Waals surface area contributed by atoms with Crippen molar-refractivity contribution in [3.8, 4) is 21.8 Å². The molecule has 0 atom stereocenters. The quantitative estimate of drug-likeness (QED) is 0.250. The first kappa shape index (κ1) is 23.2. The Morgan fingerprint density at radius 1 is 0.800 bits per heavy atom. The van der Waals surface area contributed by atoms with Crippen LogP contribution in [0.2, 0.25) is 5.02 Å². The molecule has 0 fully saturated rings. The average Bonchev–Trinajstić information content (AvgIpc) is 3.37. The van der Waals surface area contributed by atoms with E-state index >= 15 is 0 Å². The molecular weight excluding hydrogens is 472 g/mol. The van der Waals surface area contributed by atoms with Gasteiger partial charge < -0.3 is 5.32 Å². The second-order valence-electron chi connectivity index (χ2n) is 8.44. The molecule has 5 rings (SSSR count). The van der Waals surface area contributed by atoms with Crippen LogP contribution in [0, 0.1) is 13.8 Å². The van der Waals surface area contributed by atoms with Gasteiger partial charge in [-0.3, -0.25) is 0 Å². The topological polar surface area (TPSA) is 50.7 Å². The number of hydrogen-bond donors (Lipinski definition) is 1. The van der Waals surface area contributed by atoms with Gasteiger partial charge in [-0.25, -0.2) is 15.0 Å². The maximum atomic E-state index is 6.06. The molecule has 174 valence electrons. The Labute approximate surface area is 214 Å². The lowest BCUT2D eigenvalue weighted by Crippen LogP contribution is -2.09. The first-order chi connectivity index (χ1) is 17.0. The van der Waals surface area contributed by atoms with Crippen molar-refractivity contribution in [2.24, 2.45) is 0 Å². The van der Waals surface area contributed by atoms with Crippen LogP contribution in [-0.4, -0.2) is 15.0 Å². The second-order valence-corrected chi connectivity index (χ2v) is 9.74. The molecule has 0 unspecified atom stereocenters. The van der Waals surface area contributed by atoms with Crippen molar-refractivity contribution in [3.63, 3.8) is 0 Å². The van der Waals surface area contributed by atoms with Crippen LogP contribution in [0.4, 0.5) is 5.82 Å². The van der Waals surface area contributed by atoms with E-state index in [9.17, 15) is 0 Å². The van der Waals surface area contributed by atoms with Crippen LogP contribution in [-0.2, 0) is 13.0 Å². The summed E-state index contributed by atoms with van der Waals surface area (Å²) in [7, 11) is 0. The van der Waals surface area contributed by atoms with Crippen molar-refractivity contribution in [1.29, 1.82) is 0 Å². The van der Waals surface area contributed by atoms with Crippen LogP contribution in [0.1, 0.15) is 28.2 Å². The number of aromatic nitrogens is 3. The minimum Gasteiger partial charge on any atom is -0.366 e. The maximum absolute atomic E-state index is 6.06. The number of thiazole rings is 1. The highest BCUT2D eigenvalue weighted by Gasteiger charge is 2.12. The molecule has 0 amide bonds. The number of hydrogen-bond acceptors (Lipinski definition) is 5. The first-order valence-corrected chi connectivity index (χ1v) is 12.7. The van der Waals surface area contributed by atoms with E-state index in [1.807, 2.05) is 56.3 Å². The van der Waals surface area contributed by atoms with Crippen LogP contribution in [0.15, 0.2) is 84.2 Å². The van der Waals surface area contributed by atoms with Gasteiger partial charge in [-0.2, -0.15) is 0 Å². The minimum absolute atomic E-state index is 0.661. The lowest BCUT2D eigenvalue weighted by molar-refractivity contribution is 0.946. The van der Waals surface area contributed by atoms with E-state index in [0.717, 1.165) is 56.2 Å². The highest BCUT2D eigenvalue weighted by atomic mass is 35.5. The molecule has 0 saturated heterocycles. The van der Waals surface area contributed by atoms with Gasteiger partial charge in [0, 0.05) is 45.8 Å². The molecule has 0 aliphatic rings. The van der Waals surface area contributed by atoms with E-state index < -0.39 is 0 Å². The van der Waals surface area contributed by atoms with Gasteiger partial charge in [0.15, 0.2) is 0 Å². The van der Waals surface area contributed by atoms with Crippen molar-refractivity contribution in [2.75, 3.05) is 5.32 Å². The fourth-order valence-corrected chi connectivity index (χ4v) is 5.00. The van der Waals surface area contributed by atoms with Crippen molar-refractivity contribution < 1.29 is 0 Å². The number of anilines is 1. The lowest BCUT2D eigenvalue weighted by atomic mass is 10.0. The largest absolute Gasteiger partial charge is 0.366 e. The third-order valence-electron chi connectivity index (χ3n) is 5.83. The number of nitrogens with one attached hydrogen (secondary N) is 1. The molecule has 6 heteroatoms. The predicted molar refractivity (Wildman–Crippen MR) is 146 cm³/mol. The van der Waals surface area contributed by atoms with Gasteiger partial charge in [-0.15, -0.1) is 11.3 Å². The fourth-order valence-electron chi connectivity index (χ4n) is 4.05. The Hall–Kier alpha value is -3.54. The SMILES string of the molecule is Cc1nc(C)c(Cc2ccc(Cl)cc2)c(NCc2cccc(-c3nc(-c4ccccc4)cs3)c2)n1. The van der Waals surface area contributed by atoms with E-state index in [1.165, 1.54) is 11.1 Å². The molecule has 0 radical (unpaired) electrons. The minimum atomic E-state index is 0.661. The molecule has 1 N–H and O–H groups in total. The third-order valence-corrected chi connectivity index (χ3v) is 6.97. The van der Waals surface area contributed by atoms with Crippen LogP contribution in [0.5, 0.6) is 0 Å². The molecule has 4 nitrogen and oxygen atoms in total. The summed E-state index contributed by atoms with van der Waals surface area (Å²) in [4.78, 5) is 14.2. The summed E-state index contributed by atoms with van der Waals surface area (Å²) in [6.45, 7) is 4.63. The molecule has 0 spiro atoms. The van der Waals surface area contributed by atoms with Crippen LogP contribution in [0.3, 0.4) is 0 Å². The van der Waals surface area contributed by atoms with Gasteiger partial charge in [0.1, 0.15) is 16.6 Å². The summed E-state index contributed by atoms with van der Waals surface area (Å²) < 4.78 is 0. The Morgan fingerprint density at radius 3 is 2.37 bits per heavy atom. The van der Waals surface area contributed by atoms with Crippen LogP contribution >= 0.6 is 22.9 Å². The van der Waals surface area contributed by atoms with Gasteiger partial charge in [0.2, 0.25) is 0 Å². The summed E-state index contributed by atoms with van der Waals surface area (Å²) in [5, 5.41) is 7.43. The molecule has 0 aliphatic heterocycles. The summed E-state index contributed by atoms with van der Waals surface area (Å²) in [5.74, 6) is 1.63. The summed E-state index contributed by atoms with van der Waals surface area (Å²) in [5.41, 5.74) is 7.69. The Bertz CT molecular complexity index is 1450. The Kier molecular flexibility index (Phi) is 6.89. The molecule has 2 aromatic heterocycles. The zero-order valence-electron chi connectivity index (χ0n) is 19.6. The molecule has 0 saturated carbocycles. The van der Waals surface area contributed by atoms with Crippen LogP contribution in [0.25, 0.3) is 21.8 Å². The smallest absolute Gasteiger partial charge is 0.133 e. The zero-order chi connectivity index (χ0) is 24.2. The Balaban J connectivity index is 1.35. The van der Waals surface area contributed by atoms with E-state index in [-0.39, 0.29) is 0 Å². The highest BCUT2D eigenvalue weighted by Crippen LogP contribution is 2.29. The van der Waals surface area contributed by atoms with Crippen molar-refractivity contribution >= 4 is 28.8 Å². The Morgan fingerprint density at radius 2 is 1.57 bits per heavy atom. The van der Waals surface area contributed by atoms with E-state index in [2.05, 4.69) is 52.1 Å². The second kappa shape index (κ2) is 10.4. The number of aryl methyl sites for hydroxylation is 2. The lowest BCUT2D eigenvalue weighted by Gasteiger charge is -2.15. The summed E-state index contributed by atoms with van der Waals surface area (Å²) >= 11 is 7.73. The maximum Gasteiger partial charge on any atom is 0.133 e. The highest BCUT2D eigenvalue weighted by molar-refractivity contribution is 7.13. The van der Waals surface area contributed by atoms with Crippen molar-refractivity contribution in [2.45, 2.75) is 26.8 Å². The molecule has 0 bridgehead atoms. The zero-order valence-corrected chi connectivity index (χ0v) is 21.2. The molecule has 5 aromatic rings. The predicted octanol–water partition coefficient (Wildman–Crippen LogP) is 7.74. The van der Waals surface area contributed by atoms with E-state index in [0.29, 0.717) is 6.54 Å². The summed E-state index contributed by atoms with van der Waals surface area (Å²) in [6.07, 6.45) is 0.743. The summed E-state index contributed by atoms with van der Waals surface area (Å²) in [6, 6.07) is 26.7. The molecule has 0 aliphatic carbocycles. The number of halogens is 1. The average molecular weight is 497 g/mol. The monoisotopic (exact) mass is 496 g/mol. The standard InChI is InChI=1S/C29H25ClN4S/c1-19-26(16-21-11-13-25(30)14-12-21)28(33-20(2)32-19)31-17-22-7-6-10-24(15-22)29-34-27(18-35-29)23-8-4-3-5-9-23/h3-15,18H,16-17H2,1-2H3,(H,31,32,33). The van der Waals surface area contributed by atoms with Gasteiger partial charge in [-0.1, -0.05) is 72.3 Å². The van der Waals surface area contributed by atoms with E-state index in [1.54, 1.807) is 11.3 Å². The van der Waals surface area contributed by atoms with Gasteiger partial charge in [0.25, 0.3) is 0 Å².